The van der Waals surface area contributed by atoms with Crippen molar-refractivity contribution in [3.05, 3.63) is 29.8 Å². The van der Waals surface area contributed by atoms with Crippen LogP contribution >= 0.6 is 11.8 Å². The molecule has 1 fully saturated rings. The van der Waals surface area contributed by atoms with Crippen molar-refractivity contribution in [1.82, 2.24) is 4.90 Å². The van der Waals surface area contributed by atoms with Crippen molar-refractivity contribution in [2.45, 2.75) is 19.5 Å². The Morgan fingerprint density at radius 1 is 1.42 bits per heavy atom. The first-order chi connectivity index (χ1) is 9.16. The standard InChI is InChI=1S/C14H21N3OS/c1-11(15)14(18)16-13-5-3-2-4-12(13)10-17-6-8-19-9-7-17/h2-5,11H,6-10,15H2,1H3,(H,16,18). The molecular formula is C14H21N3OS. The molecule has 19 heavy (non-hydrogen) atoms. The van der Waals surface area contributed by atoms with Crippen LogP contribution in [-0.2, 0) is 11.3 Å². The molecule has 5 heteroatoms. The second kappa shape index (κ2) is 6.93. The van der Waals surface area contributed by atoms with Gasteiger partial charge in [0.25, 0.3) is 0 Å². The first-order valence-electron chi connectivity index (χ1n) is 6.61. The molecule has 0 spiro atoms. The molecule has 0 aromatic heterocycles. The zero-order chi connectivity index (χ0) is 13.7. The van der Waals surface area contributed by atoms with E-state index in [0.29, 0.717) is 0 Å². The summed E-state index contributed by atoms with van der Waals surface area (Å²) in [5, 5.41) is 2.90. The normalized spacial score (nSPS) is 18.0. The van der Waals surface area contributed by atoms with Crippen LogP contribution in [0.4, 0.5) is 5.69 Å². The predicted molar refractivity (Wildman–Crippen MR) is 81.3 cm³/mol. The number of nitrogens with zero attached hydrogens (tertiary/aromatic N) is 1. The highest BCUT2D eigenvalue weighted by atomic mass is 32.2. The number of anilines is 1. The smallest absolute Gasteiger partial charge is 0.241 e. The Labute approximate surface area is 118 Å². The summed E-state index contributed by atoms with van der Waals surface area (Å²) < 4.78 is 0. The second-order valence-electron chi connectivity index (χ2n) is 4.82. The fourth-order valence-corrected chi connectivity index (χ4v) is 3.01. The molecule has 1 unspecified atom stereocenters. The molecule has 1 aliphatic rings. The van der Waals surface area contributed by atoms with Gasteiger partial charge in [-0.1, -0.05) is 18.2 Å². The lowest BCUT2D eigenvalue weighted by Gasteiger charge is -2.27. The van der Waals surface area contributed by atoms with E-state index in [1.165, 1.54) is 11.5 Å². The first-order valence-corrected chi connectivity index (χ1v) is 7.77. The van der Waals surface area contributed by atoms with Crippen LogP contribution in [0.15, 0.2) is 24.3 Å². The van der Waals surface area contributed by atoms with Gasteiger partial charge in [-0.3, -0.25) is 9.69 Å². The van der Waals surface area contributed by atoms with Crippen LogP contribution in [-0.4, -0.2) is 41.4 Å². The van der Waals surface area contributed by atoms with Gasteiger partial charge < -0.3 is 11.1 Å². The van der Waals surface area contributed by atoms with Gasteiger partial charge in [0.15, 0.2) is 0 Å². The summed E-state index contributed by atoms with van der Waals surface area (Å²) in [6.45, 7) is 4.80. The van der Waals surface area contributed by atoms with Crippen molar-refractivity contribution < 1.29 is 4.79 Å². The van der Waals surface area contributed by atoms with Crippen molar-refractivity contribution in [3.63, 3.8) is 0 Å². The van der Waals surface area contributed by atoms with Crippen LogP contribution in [0.5, 0.6) is 0 Å². The molecule has 1 aliphatic heterocycles. The number of rotatable bonds is 4. The van der Waals surface area contributed by atoms with E-state index in [9.17, 15) is 4.79 Å². The molecule has 0 saturated carbocycles. The summed E-state index contributed by atoms with van der Waals surface area (Å²) in [6.07, 6.45) is 0. The van der Waals surface area contributed by atoms with Crippen molar-refractivity contribution in [2.75, 3.05) is 29.9 Å². The van der Waals surface area contributed by atoms with Crippen LogP contribution in [0.1, 0.15) is 12.5 Å². The topological polar surface area (TPSA) is 58.4 Å². The van der Waals surface area contributed by atoms with Gasteiger partial charge in [0.1, 0.15) is 0 Å². The van der Waals surface area contributed by atoms with Crippen LogP contribution in [0.2, 0.25) is 0 Å². The molecule has 1 heterocycles. The van der Waals surface area contributed by atoms with Crippen molar-refractivity contribution in [3.8, 4) is 0 Å². The van der Waals surface area contributed by atoms with Crippen molar-refractivity contribution >= 4 is 23.4 Å². The SMILES string of the molecule is CC(N)C(=O)Nc1ccccc1CN1CCSCC1. The Hall–Kier alpha value is -1.04. The Balaban J connectivity index is 2.05. The molecule has 3 N–H and O–H groups in total. The maximum atomic E-state index is 11.7. The molecule has 0 bridgehead atoms. The highest BCUT2D eigenvalue weighted by Gasteiger charge is 2.14. The maximum Gasteiger partial charge on any atom is 0.241 e. The number of hydrogen-bond acceptors (Lipinski definition) is 4. The zero-order valence-electron chi connectivity index (χ0n) is 11.3. The third kappa shape index (κ3) is 4.23. The molecular weight excluding hydrogens is 258 g/mol. The fourth-order valence-electron chi connectivity index (χ4n) is 2.03. The third-order valence-electron chi connectivity index (χ3n) is 3.19. The summed E-state index contributed by atoms with van der Waals surface area (Å²) in [5.41, 5.74) is 7.63. The minimum absolute atomic E-state index is 0.137. The number of para-hydroxylation sites is 1. The third-order valence-corrected chi connectivity index (χ3v) is 4.13. The van der Waals surface area contributed by atoms with Gasteiger partial charge >= 0.3 is 0 Å². The number of benzene rings is 1. The molecule has 104 valence electrons. The lowest BCUT2D eigenvalue weighted by molar-refractivity contribution is -0.117. The zero-order valence-corrected chi connectivity index (χ0v) is 12.1. The van der Waals surface area contributed by atoms with E-state index in [0.717, 1.165) is 30.9 Å². The number of hydrogen-bond donors (Lipinski definition) is 2. The van der Waals surface area contributed by atoms with Gasteiger partial charge in [-0.15, -0.1) is 0 Å². The summed E-state index contributed by atoms with van der Waals surface area (Å²) in [6, 6.07) is 7.47. The van der Waals surface area contributed by atoms with Gasteiger partial charge in [-0.05, 0) is 18.6 Å². The van der Waals surface area contributed by atoms with Crippen molar-refractivity contribution in [2.24, 2.45) is 5.73 Å². The highest BCUT2D eigenvalue weighted by Crippen LogP contribution is 2.19. The Morgan fingerprint density at radius 2 is 2.11 bits per heavy atom. The summed E-state index contributed by atoms with van der Waals surface area (Å²) in [4.78, 5) is 14.1. The van der Waals surface area contributed by atoms with Gasteiger partial charge in [-0.25, -0.2) is 0 Å². The molecule has 0 aliphatic carbocycles. The molecule has 0 radical (unpaired) electrons. The Bertz CT molecular complexity index is 430. The van der Waals surface area contributed by atoms with Crippen LogP contribution in [0.25, 0.3) is 0 Å². The maximum absolute atomic E-state index is 11.7. The number of thioether (sulfide) groups is 1. The quantitative estimate of drug-likeness (QED) is 0.877. The van der Waals surface area contributed by atoms with Gasteiger partial charge in [0, 0.05) is 36.8 Å². The van der Waals surface area contributed by atoms with Crippen LogP contribution in [0.3, 0.4) is 0 Å². The summed E-state index contributed by atoms with van der Waals surface area (Å²) in [5.74, 6) is 2.24. The lowest BCUT2D eigenvalue weighted by Crippen LogP contribution is -2.34. The molecule has 4 nitrogen and oxygen atoms in total. The van der Waals surface area contributed by atoms with Gasteiger partial charge in [0.2, 0.25) is 5.91 Å². The van der Waals surface area contributed by atoms with E-state index in [1.54, 1.807) is 6.92 Å². The van der Waals surface area contributed by atoms with Crippen LogP contribution in [0, 0.1) is 0 Å². The summed E-state index contributed by atoms with van der Waals surface area (Å²) in [7, 11) is 0. The number of nitrogens with one attached hydrogen (secondary N) is 1. The Kier molecular flexibility index (Phi) is 5.24. The number of carbonyl (C=O) groups is 1. The predicted octanol–water partition coefficient (Wildman–Crippen LogP) is 1.52. The van der Waals surface area contributed by atoms with E-state index < -0.39 is 6.04 Å². The number of amides is 1. The average molecular weight is 279 g/mol. The van der Waals surface area contributed by atoms with E-state index in [1.807, 2.05) is 30.0 Å². The molecule has 1 saturated heterocycles. The van der Waals surface area contributed by atoms with E-state index in [-0.39, 0.29) is 5.91 Å². The van der Waals surface area contributed by atoms with Crippen LogP contribution < -0.4 is 11.1 Å². The van der Waals surface area contributed by atoms with E-state index in [4.69, 9.17) is 5.73 Å². The molecule has 1 aromatic rings. The minimum atomic E-state index is -0.487. The van der Waals surface area contributed by atoms with E-state index in [2.05, 4.69) is 16.3 Å². The molecule has 1 atom stereocenters. The molecule has 1 aromatic carbocycles. The van der Waals surface area contributed by atoms with Crippen molar-refractivity contribution in [1.29, 1.82) is 0 Å². The average Bonchev–Trinajstić information content (AvgIpc) is 2.42. The van der Waals surface area contributed by atoms with E-state index >= 15 is 0 Å². The summed E-state index contributed by atoms with van der Waals surface area (Å²) >= 11 is 2.00. The first kappa shape index (κ1) is 14.4. The lowest BCUT2D eigenvalue weighted by atomic mass is 10.1. The fraction of sp³-hybridized carbons (Fsp3) is 0.500. The molecule has 1 amide bonds. The second-order valence-corrected chi connectivity index (χ2v) is 6.05. The number of nitrogens with two attached hydrogens (primary N) is 1. The van der Waals surface area contributed by atoms with Gasteiger partial charge in [-0.2, -0.15) is 11.8 Å². The minimum Gasteiger partial charge on any atom is -0.324 e. The molecule has 2 rings (SSSR count). The van der Waals surface area contributed by atoms with Gasteiger partial charge in [0.05, 0.1) is 6.04 Å². The largest absolute Gasteiger partial charge is 0.324 e. The monoisotopic (exact) mass is 279 g/mol. The highest BCUT2D eigenvalue weighted by molar-refractivity contribution is 7.99. The number of carbonyl (C=O) groups excluding carboxylic acids is 1. The Morgan fingerprint density at radius 3 is 2.79 bits per heavy atom.